The van der Waals surface area contributed by atoms with Crippen LogP contribution in [0.2, 0.25) is 0 Å². The Morgan fingerprint density at radius 2 is 1.61 bits per heavy atom. The van der Waals surface area contributed by atoms with E-state index in [9.17, 15) is 4.79 Å². The van der Waals surface area contributed by atoms with Gasteiger partial charge in [0.05, 0.1) is 11.6 Å². The van der Waals surface area contributed by atoms with E-state index in [1.807, 2.05) is 30.3 Å². The summed E-state index contributed by atoms with van der Waals surface area (Å²) in [6, 6.07) is 21.5. The molecule has 0 radical (unpaired) electrons. The van der Waals surface area contributed by atoms with Crippen molar-refractivity contribution in [1.82, 2.24) is 10.3 Å². The Morgan fingerprint density at radius 1 is 0.913 bits per heavy atom. The van der Waals surface area contributed by atoms with Crippen LogP contribution in [-0.2, 0) is 0 Å². The summed E-state index contributed by atoms with van der Waals surface area (Å²) >= 11 is 0. The highest BCUT2D eigenvalue weighted by atomic mass is 16.1. The maximum Gasteiger partial charge on any atom is 0.253 e. The van der Waals surface area contributed by atoms with Crippen LogP contribution in [0.4, 0.5) is 0 Å². The fourth-order valence-corrected chi connectivity index (χ4v) is 2.48. The first-order valence-electron chi connectivity index (χ1n) is 7.56. The standard InChI is InChI=1S/C20H18N2O/c1-15-9-11-17(12-10-15)19(16-6-3-2-4-7-16)22-20(23)18-8-5-13-21-14-18/h2-14,19H,1H3,(H,22,23)/t19-/m1/s1. The van der Waals surface area contributed by atoms with E-state index in [4.69, 9.17) is 0 Å². The molecule has 1 heterocycles. The third-order valence-electron chi connectivity index (χ3n) is 3.74. The number of nitrogens with one attached hydrogen (secondary N) is 1. The molecule has 0 spiro atoms. The van der Waals surface area contributed by atoms with E-state index in [1.165, 1.54) is 5.56 Å². The smallest absolute Gasteiger partial charge is 0.253 e. The van der Waals surface area contributed by atoms with E-state index >= 15 is 0 Å². The molecule has 0 saturated carbocycles. The van der Waals surface area contributed by atoms with Crippen LogP contribution >= 0.6 is 0 Å². The molecule has 0 aliphatic carbocycles. The number of hydrogen-bond donors (Lipinski definition) is 1. The van der Waals surface area contributed by atoms with Crippen molar-refractivity contribution in [3.8, 4) is 0 Å². The van der Waals surface area contributed by atoms with E-state index in [2.05, 4.69) is 41.5 Å². The first-order valence-corrected chi connectivity index (χ1v) is 7.56. The van der Waals surface area contributed by atoms with Crippen LogP contribution in [0.1, 0.15) is 33.1 Å². The Kier molecular flexibility index (Phi) is 4.48. The topological polar surface area (TPSA) is 42.0 Å². The predicted molar refractivity (Wildman–Crippen MR) is 91.2 cm³/mol. The first-order chi connectivity index (χ1) is 11.2. The predicted octanol–water partition coefficient (Wildman–Crippen LogP) is 3.91. The van der Waals surface area contributed by atoms with Gasteiger partial charge in [0.15, 0.2) is 0 Å². The fraction of sp³-hybridized carbons (Fsp3) is 0.100. The Labute approximate surface area is 136 Å². The summed E-state index contributed by atoms with van der Waals surface area (Å²) in [5.74, 6) is -0.132. The summed E-state index contributed by atoms with van der Waals surface area (Å²) < 4.78 is 0. The van der Waals surface area contributed by atoms with Gasteiger partial charge in [-0.2, -0.15) is 0 Å². The number of aromatic nitrogens is 1. The minimum absolute atomic E-state index is 0.132. The molecule has 3 nitrogen and oxygen atoms in total. The normalized spacial score (nSPS) is 11.7. The Hall–Kier alpha value is -2.94. The summed E-state index contributed by atoms with van der Waals surface area (Å²) in [7, 11) is 0. The van der Waals surface area contributed by atoms with E-state index in [-0.39, 0.29) is 11.9 Å². The van der Waals surface area contributed by atoms with Crippen LogP contribution in [0.3, 0.4) is 0 Å². The number of pyridine rings is 1. The lowest BCUT2D eigenvalue weighted by molar-refractivity contribution is 0.0942. The van der Waals surface area contributed by atoms with Crippen LogP contribution in [0.15, 0.2) is 79.1 Å². The number of carbonyl (C=O) groups excluding carboxylic acids is 1. The van der Waals surface area contributed by atoms with Crippen LogP contribution in [0.5, 0.6) is 0 Å². The molecule has 3 aromatic rings. The second-order valence-corrected chi connectivity index (χ2v) is 5.47. The molecule has 1 N–H and O–H groups in total. The van der Waals surface area contributed by atoms with E-state index in [0.29, 0.717) is 5.56 Å². The zero-order chi connectivity index (χ0) is 16.1. The van der Waals surface area contributed by atoms with E-state index in [0.717, 1.165) is 11.1 Å². The molecule has 1 aromatic heterocycles. The van der Waals surface area contributed by atoms with Gasteiger partial charge in [0.25, 0.3) is 5.91 Å². The molecule has 3 rings (SSSR count). The highest BCUT2D eigenvalue weighted by molar-refractivity contribution is 5.94. The first kappa shape index (κ1) is 15.0. The molecule has 0 aliphatic rings. The van der Waals surface area contributed by atoms with Gasteiger partial charge in [0.2, 0.25) is 0 Å². The minimum atomic E-state index is -0.190. The number of amides is 1. The largest absolute Gasteiger partial charge is 0.341 e. The molecule has 0 fully saturated rings. The van der Waals surface area contributed by atoms with Gasteiger partial charge in [-0.05, 0) is 30.2 Å². The van der Waals surface area contributed by atoms with E-state index < -0.39 is 0 Å². The summed E-state index contributed by atoms with van der Waals surface area (Å²) in [4.78, 5) is 16.5. The average Bonchev–Trinajstić information content (AvgIpc) is 2.62. The van der Waals surface area contributed by atoms with Gasteiger partial charge in [0, 0.05) is 12.4 Å². The van der Waals surface area contributed by atoms with Crippen LogP contribution < -0.4 is 5.32 Å². The number of nitrogens with zero attached hydrogens (tertiary/aromatic N) is 1. The Bertz CT molecular complexity index is 768. The van der Waals surface area contributed by atoms with Crippen molar-refractivity contribution in [3.05, 3.63) is 101 Å². The SMILES string of the molecule is Cc1ccc([C@H](NC(=O)c2cccnc2)c2ccccc2)cc1. The summed E-state index contributed by atoms with van der Waals surface area (Å²) in [5, 5.41) is 3.11. The zero-order valence-electron chi connectivity index (χ0n) is 12.9. The van der Waals surface area contributed by atoms with Crippen molar-refractivity contribution >= 4 is 5.91 Å². The van der Waals surface area contributed by atoms with Crippen molar-refractivity contribution < 1.29 is 4.79 Å². The van der Waals surface area contributed by atoms with Crippen LogP contribution in [0, 0.1) is 6.92 Å². The van der Waals surface area contributed by atoms with Crippen molar-refractivity contribution in [1.29, 1.82) is 0 Å². The molecule has 0 bridgehead atoms. The van der Waals surface area contributed by atoms with Gasteiger partial charge in [-0.25, -0.2) is 0 Å². The molecule has 114 valence electrons. The molecule has 0 unspecified atom stereocenters. The quantitative estimate of drug-likeness (QED) is 0.794. The number of hydrogen-bond acceptors (Lipinski definition) is 2. The molecular formula is C20H18N2O. The third-order valence-corrected chi connectivity index (χ3v) is 3.74. The van der Waals surface area contributed by atoms with Gasteiger partial charge >= 0.3 is 0 Å². The van der Waals surface area contributed by atoms with Crippen molar-refractivity contribution in [2.45, 2.75) is 13.0 Å². The number of rotatable bonds is 4. The molecule has 3 heteroatoms. The molecule has 0 aliphatic heterocycles. The van der Waals surface area contributed by atoms with Crippen molar-refractivity contribution in [3.63, 3.8) is 0 Å². The molecule has 1 atom stereocenters. The Balaban J connectivity index is 1.93. The maximum absolute atomic E-state index is 12.5. The van der Waals surface area contributed by atoms with Gasteiger partial charge in [-0.3, -0.25) is 9.78 Å². The lowest BCUT2D eigenvalue weighted by Gasteiger charge is -2.20. The number of carbonyl (C=O) groups is 1. The second-order valence-electron chi connectivity index (χ2n) is 5.47. The second kappa shape index (κ2) is 6.88. The lowest BCUT2D eigenvalue weighted by atomic mass is 9.97. The summed E-state index contributed by atoms with van der Waals surface area (Å²) in [6.45, 7) is 2.05. The average molecular weight is 302 g/mol. The summed E-state index contributed by atoms with van der Waals surface area (Å²) in [5.41, 5.74) is 3.85. The highest BCUT2D eigenvalue weighted by Crippen LogP contribution is 2.22. The zero-order valence-corrected chi connectivity index (χ0v) is 12.9. The lowest BCUT2D eigenvalue weighted by Crippen LogP contribution is -2.29. The van der Waals surface area contributed by atoms with Crippen molar-refractivity contribution in [2.75, 3.05) is 0 Å². The molecular weight excluding hydrogens is 284 g/mol. The van der Waals surface area contributed by atoms with Gasteiger partial charge in [0.1, 0.15) is 0 Å². The van der Waals surface area contributed by atoms with Gasteiger partial charge in [-0.1, -0.05) is 60.2 Å². The van der Waals surface area contributed by atoms with Crippen LogP contribution in [-0.4, -0.2) is 10.9 Å². The summed E-state index contributed by atoms with van der Waals surface area (Å²) in [6.07, 6.45) is 3.23. The monoisotopic (exact) mass is 302 g/mol. The molecule has 23 heavy (non-hydrogen) atoms. The molecule has 2 aromatic carbocycles. The minimum Gasteiger partial charge on any atom is -0.341 e. The Morgan fingerprint density at radius 3 is 2.26 bits per heavy atom. The molecule has 0 saturated heterocycles. The van der Waals surface area contributed by atoms with Gasteiger partial charge < -0.3 is 5.32 Å². The highest BCUT2D eigenvalue weighted by Gasteiger charge is 2.17. The maximum atomic E-state index is 12.5. The van der Waals surface area contributed by atoms with E-state index in [1.54, 1.807) is 24.5 Å². The number of aryl methyl sites for hydroxylation is 1. The number of benzene rings is 2. The van der Waals surface area contributed by atoms with Crippen molar-refractivity contribution in [2.24, 2.45) is 0 Å². The third kappa shape index (κ3) is 3.64. The van der Waals surface area contributed by atoms with Gasteiger partial charge in [-0.15, -0.1) is 0 Å². The van der Waals surface area contributed by atoms with Crippen LogP contribution in [0.25, 0.3) is 0 Å². The fourth-order valence-electron chi connectivity index (χ4n) is 2.48. The molecule has 1 amide bonds.